The third kappa shape index (κ3) is 4.86. The third-order valence-corrected chi connectivity index (χ3v) is 7.08. The molecule has 0 saturated carbocycles. The predicted octanol–water partition coefficient (Wildman–Crippen LogP) is 3.79. The van der Waals surface area contributed by atoms with E-state index in [1.54, 1.807) is 24.3 Å². The lowest BCUT2D eigenvalue weighted by Crippen LogP contribution is -2.48. The minimum absolute atomic E-state index is 0.107. The summed E-state index contributed by atoms with van der Waals surface area (Å²) in [6, 6.07) is 9.70. The van der Waals surface area contributed by atoms with E-state index < -0.39 is 32.3 Å². The highest BCUT2D eigenvalue weighted by atomic mass is 32.2. The molecule has 1 aliphatic heterocycles. The fraction of sp³-hybridized carbons (Fsp3) is 0.333. The van der Waals surface area contributed by atoms with E-state index in [9.17, 15) is 26.0 Å². The van der Waals surface area contributed by atoms with Gasteiger partial charge in [-0.15, -0.1) is 0 Å². The summed E-state index contributed by atoms with van der Waals surface area (Å²) in [6.45, 7) is 1.53. The molecule has 0 amide bonds. The monoisotopic (exact) mass is 434 g/mol. The van der Waals surface area contributed by atoms with E-state index in [2.05, 4.69) is 0 Å². The number of nitrogens with zero attached hydrogens (tertiary/aromatic N) is 2. The SMILES string of the molecule is O=S(=O)(c1c(F)cccc1F)N1CCN(Cc2ccc(SC(F)F)cc2)CC1. The first-order chi connectivity index (χ1) is 13.3. The second-order valence-electron chi connectivity index (χ2n) is 6.25. The minimum atomic E-state index is -4.25. The summed E-state index contributed by atoms with van der Waals surface area (Å²) >= 11 is 0.475. The maximum absolute atomic E-state index is 13.9. The van der Waals surface area contributed by atoms with E-state index in [-0.39, 0.29) is 13.1 Å². The molecule has 0 aliphatic carbocycles. The average molecular weight is 434 g/mol. The topological polar surface area (TPSA) is 40.6 Å². The number of alkyl halides is 2. The maximum Gasteiger partial charge on any atom is 0.288 e. The van der Waals surface area contributed by atoms with Crippen molar-refractivity contribution in [2.24, 2.45) is 0 Å². The Kier molecular flexibility index (Phi) is 6.64. The molecule has 0 atom stereocenters. The van der Waals surface area contributed by atoms with Crippen molar-refractivity contribution in [3.8, 4) is 0 Å². The van der Waals surface area contributed by atoms with Crippen molar-refractivity contribution in [2.45, 2.75) is 22.1 Å². The number of piperazine rings is 1. The molecular formula is C18H18F4N2O2S2. The highest BCUT2D eigenvalue weighted by Crippen LogP contribution is 2.26. The molecule has 10 heteroatoms. The lowest BCUT2D eigenvalue weighted by Gasteiger charge is -2.34. The summed E-state index contributed by atoms with van der Waals surface area (Å²) in [6.07, 6.45) is 0. The molecule has 2 aromatic carbocycles. The van der Waals surface area contributed by atoms with E-state index in [1.807, 2.05) is 4.90 Å². The highest BCUT2D eigenvalue weighted by molar-refractivity contribution is 7.99. The molecule has 2 aromatic rings. The van der Waals surface area contributed by atoms with Crippen LogP contribution in [0.5, 0.6) is 0 Å². The van der Waals surface area contributed by atoms with Crippen LogP contribution in [0, 0.1) is 11.6 Å². The molecule has 0 unspecified atom stereocenters. The van der Waals surface area contributed by atoms with Crippen LogP contribution in [0.3, 0.4) is 0 Å². The zero-order valence-corrected chi connectivity index (χ0v) is 16.3. The molecule has 4 nitrogen and oxygen atoms in total. The standard InChI is InChI=1S/C18H18F4N2O2S2/c19-15-2-1-3-16(20)17(15)28(25,26)24-10-8-23(9-11-24)12-13-4-6-14(7-5-13)27-18(21)22/h1-7,18H,8-12H2. The zero-order chi connectivity index (χ0) is 20.3. The van der Waals surface area contributed by atoms with Crippen LogP contribution < -0.4 is 0 Å². The summed E-state index contributed by atoms with van der Waals surface area (Å²) in [7, 11) is -4.25. The van der Waals surface area contributed by atoms with Gasteiger partial charge in [-0.1, -0.05) is 30.0 Å². The average Bonchev–Trinajstić information content (AvgIpc) is 2.63. The van der Waals surface area contributed by atoms with E-state index in [0.29, 0.717) is 36.3 Å². The van der Waals surface area contributed by atoms with Gasteiger partial charge in [0.25, 0.3) is 5.76 Å². The summed E-state index contributed by atoms with van der Waals surface area (Å²) < 4.78 is 78.7. The Morgan fingerprint density at radius 2 is 1.50 bits per heavy atom. The van der Waals surface area contributed by atoms with Gasteiger partial charge < -0.3 is 0 Å². The predicted molar refractivity (Wildman–Crippen MR) is 98.7 cm³/mol. The Hall–Kier alpha value is -1.62. The number of rotatable bonds is 6. The van der Waals surface area contributed by atoms with E-state index in [1.165, 1.54) is 0 Å². The second-order valence-corrected chi connectivity index (χ2v) is 9.19. The Morgan fingerprint density at radius 1 is 0.929 bits per heavy atom. The molecule has 28 heavy (non-hydrogen) atoms. The number of halogens is 4. The van der Waals surface area contributed by atoms with Crippen LogP contribution >= 0.6 is 11.8 Å². The van der Waals surface area contributed by atoms with E-state index in [4.69, 9.17) is 0 Å². The number of thioether (sulfide) groups is 1. The normalized spacial score (nSPS) is 16.6. The van der Waals surface area contributed by atoms with Crippen molar-refractivity contribution in [2.75, 3.05) is 26.2 Å². The van der Waals surface area contributed by atoms with Gasteiger partial charge in [0.2, 0.25) is 10.0 Å². The van der Waals surface area contributed by atoms with Gasteiger partial charge in [0.05, 0.1) is 0 Å². The fourth-order valence-corrected chi connectivity index (χ4v) is 5.05. The zero-order valence-electron chi connectivity index (χ0n) is 14.7. The largest absolute Gasteiger partial charge is 0.296 e. The third-order valence-electron chi connectivity index (χ3n) is 4.40. The molecular weight excluding hydrogens is 416 g/mol. The Balaban J connectivity index is 1.61. The first-order valence-electron chi connectivity index (χ1n) is 8.47. The van der Waals surface area contributed by atoms with Crippen molar-refractivity contribution >= 4 is 21.8 Å². The van der Waals surface area contributed by atoms with Crippen LogP contribution in [-0.4, -0.2) is 49.6 Å². The van der Waals surface area contributed by atoms with Crippen molar-refractivity contribution in [1.29, 1.82) is 0 Å². The molecule has 0 radical (unpaired) electrons. The quantitative estimate of drug-likeness (QED) is 0.513. The summed E-state index contributed by atoms with van der Waals surface area (Å²) in [5, 5.41) is 0. The van der Waals surface area contributed by atoms with E-state index in [0.717, 1.165) is 28.1 Å². The molecule has 0 spiro atoms. The Labute approximate surface area is 165 Å². The van der Waals surface area contributed by atoms with Crippen LogP contribution in [0.15, 0.2) is 52.3 Å². The highest BCUT2D eigenvalue weighted by Gasteiger charge is 2.33. The molecule has 0 bridgehead atoms. The number of hydrogen-bond acceptors (Lipinski definition) is 4. The summed E-state index contributed by atoms with van der Waals surface area (Å²) in [4.78, 5) is 1.55. The van der Waals surface area contributed by atoms with Crippen LogP contribution in [-0.2, 0) is 16.6 Å². The van der Waals surface area contributed by atoms with Gasteiger partial charge in [0.15, 0.2) is 4.90 Å². The lowest BCUT2D eigenvalue weighted by atomic mass is 10.2. The fourth-order valence-electron chi connectivity index (χ4n) is 3.02. The summed E-state index contributed by atoms with van der Waals surface area (Å²) in [5.41, 5.74) is 0.912. The van der Waals surface area contributed by atoms with Gasteiger partial charge in [-0.3, -0.25) is 4.90 Å². The maximum atomic E-state index is 13.9. The molecule has 1 saturated heterocycles. The van der Waals surface area contributed by atoms with Gasteiger partial charge in [0.1, 0.15) is 11.6 Å². The minimum Gasteiger partial charge on any atom is -0.296 e. The molecule has 0 aromatic heterocycles. The van der Waals surface area contributed by atoms with Crippen LogP contribution in [0.2, 0.25) is 0 Å². The molecule has 0 N–H and O–H groups in total. The summed E-state index contributed by atoms with van der Waals surface area (Å²) in [5.74, 6) is -4.69. The molecule has 152 valence electrons. The Morgan fingerprint density at radius 3 is 2.04 bits per heavy atom. The van der Waals surface area contributed by atoms with Gasteiger partial charge in [-0.2, -0.15) is 13.1 Å². The van der Waals surface area contributed by atoms with Gasteiger partial charge in [0, 0.05) is 37.6 Å². The Bertz CT molecular complexity index is 895. The van der Waals surface area contributed by atoms with Crippen molar-refractivity contribution < 1.29 is 26.0 Å². The molecule has 1 heterocycles. The lowest BCUT2D eigenvalue weighted by molar-refractivity contribution is 0.181. The van der Waals surface area contributed by atoms with Crippen LogP contribution in [0.1, 0.15) is 5.56 Å². The smallest absolute Gasteiger partial charge is 0.288 e. The first-order valence-corrected chi connectivity index (χ1v) is 10.8. The van der Waals surface area contributed by atoms with Gasteiger partial charge in [-0.05, 0) is 29.8 Å². The second kappa shape index (κ2) is 8.81. The van der Waals surface area contributed by atoms with Crippen LogP contribution in [0.4, 0.5) is 17.6 Å². The first kappa shape index (κ1) is 21.1. The van der Waals surface area contributed by atoms with Gasteiger partial charge >= 0.3 is 0 Å². The number of hydrogen-bond donors (Lipinski definition) is 0. The van der Waals surface area contributed by atoms with Crippen LogP contribution in [0.25, 0.3) is 0 Å². The van der Waals surface area contributed by atoms with Crippen molar-refractivity contribution in [3.63, 3.8) is 0 Å². The molecule has 3 rings (SSSR count). The molecule has 1 fully saturated rings. The van der Waals surface area contributed by atoms with Gasteiger partial charge in [-0.25, -0.2) is 17.2 Å². The van der Waals surface area contributed by atoms with E-state index >= 15 is 0 Å². The number of benzene rings is 2. The van der Waals surface area contributed by atoms with Crippen molar-refractivity contribution in [1.82, 2.24) is 9.21 Å². The van der Waals surface area contributed by atoms with Crippen molar-refractivity contribution in [3.05, 3.63) is 59.7 Å². The molecule has 1 aliphatic rings. The number of sulfonamides is 1.